The molecule has 0 saturated carbocycles. The molecular formula is C7H10BBrO3. The van der Waals surface area contributed by atoms with Crippen molar-refractivity contribution in [2.45, 2.75) is 13.3 Å². The van der Waals surface area contributed by atoms with Crippen LogP contribution in [-0.2, 0) is 0 Å². The van der Waals surface area contributed by atoms with Crippen molar-refractivity contribution >= 4 is 23.8 Å². The van der Waals surface area contributed by atoms with E-state index >= 15 is 0 Å². The highest BCUT2D eigenvalue weighted by Crippen LogP contribution is 2.21. The molecule has 3 nitrogen and oxygen atoms in total. The highest BCUT2D eigenvalue weighted by atomic mass is 79.9. The molecule has 0 aromatic rings. The van der Waals surface area contributed by atoms with Gasteiger partial charge in [-0.2, -0.15) is 0 Å². The van der Waals surface area contributed by atoms with E-state index < -0.39 is 6.61 Å². The Bertz CT molecular complexity index is 199. The Labute approximate surface area is 81.0 Å². The molecule has 0 fully saturated rings. The van der Waals surface area contributed by atoms with Crippen molar-refractivity contribution in [2.75, 3.05) is 6.61 Å². The molecule has 0 spiro atoms. The first kappa shape index (κ1) is 11.6. The summed E-state index contributed by atoms with van der Waals surface area (Å²) in [5.41, 5.74) is 0.252. The summed E-state index contributed by atoms with van der Waals surface area (Å²) in [6.07, 6.45) is 0.472. The summed E-state index contributed by atoms with van der Waals surface area (Å²) in [4.78, 5) is 0. The molecule has 0 aromatic heterocycles. The van der Waals surface area contributed by atoms with Crippen molar-refractivity contribution in [1.82, 2.24) is 0 Å². The molecule has 0 bridgehead atoms. The minimum Gasteiger partial charge on any atom is -0.509 e. The van der Waals surface area contributed by atoms with Gasteiger partial charge in [0.25, 0.3) is 0 Å². The maximum Gasteiger partial charge on any atom is 0.135 e. The van der Waals surface area contributed by atoms with E-state index in [0.29, 0.717) is 6.42 Å². The number of hydrogen-bond acceptors (Lipinski definition) is 3. The van der Waals surface area contributed by atoms with E-state index in [1.807, 2.05) is 0 Å². The van der Waals surface area contributed by atoms with E-state index in [4.69, 9.17) is 18.1 Å². The molecule has 2 radical (unpaired) electrons. The van der Waals surface area contributed by atoms with Crippen LogP contribution in [0.2, 0.25) is 0 Å². The zero-order chi connectivity index (χ0) is 9.72. The van der Waals surface area contributed by atoms with E-state index in [-0.39, 0.29) is 21.5 Å². The third-order valence-corrected chi connectivity index (χ3v) is 2.13. The van der Waals surface area contributed by atoms with Crippen LogP contribution in [0.15, 0.2) is 21.5 Å². The van der Waals surface area contributed by atoms with Gasteiger partial charge in [0, 0.05) is 0 Å². The fourth-order valence-corrected chi connectivity index (χ4v) is 0.895. The molecular weight excluding hydrogens is 223 g/mol. The molecule has 0 unspecified atom stereocenters. The molecule has 5 heteroatoms. The lowest BCUT2D eigenvalue weighted by Crippen LogP contribution is -1.97. The second kappa shape index (κ2) is 5.27. The zero-order valence-corrected chi connectivity index (χ0v) is 8.30. The standard InChI is InChI=1S/C7H10BBrO3/c1-2-4(8)7(12)6(9)5(11)3-10/h10-12H,2-3H2,1H3/b6-5-,7-4-. The molecule has 0 rings (SSSR count). The maximum atomic E-state index is 9.27. The molecule has 0 amide bonds. The fourth-order valence-electron chi connectivity index (χ4n) is 0.514. The second-order valence-corrected chi connectivity index (χ2v) is 2.94. The van der Waals surface area contributed by atoms with Gasteiger partial charge in [-0.3, -0.25) is 0 Å². The van der Waals surface area contributed by atoms with E-state index in [0.717, 1.165) is 0 Å². The van der Waals surface area contributed by atoms with Gasteiger partial charge in [0.15, 0.2) is 0 Å². The summed E-state index contributed by atoms with van der Waals surface area (Å²) < 4.78 is 0.0318. The first-order valence-corrected chi connectivity index (χ1v) is 4.20. The lowest BCUT2D eigenvalue weighted by atomic mass is 9.91. The first-order valence-electron chi connectivity index (χ1n) is 3.41. The minimum absolute atomic E-state index is 0.0318. The SMILES string of the molecule is [B]/C(CC)=C(O)/C(Br)=C(/O)CO. The molecule has 0 heterocycles. The van der Waals surface area contributed by atoms with Gasteiger partial charge < -0.3 is 15.3 Å². The molecule has 0 aliphatic rings. The van der Waals surface area contributed by atoms with Gasteiger partial charge in [-0.25, -0.2) is 0 Å². The quantitative estimate of drug-likeness (QED) is 0.393. The van der Waals surface area contributed by atoms with Gasteiger partial charge >= 0.3 is 0 Å². The number of aliphatic hydroxyl groups excluding tert-OH is 3. The number of allylic oxidation sites excluding steroid dienone is 2. The van der Waals surface area contributed by atoms with Crippen LogP contribution in [0.3, 0.4) is 0 Å². The molecule has 0 saturated heterocycles. The summed E-state index contributed by atoms with van der Waals surface area (Å²) in [5.74, 6) is -0.576. The van der Waals surface area contributed by atoms with Crippen LogP contribution in [0.5, 0.6) is 0 Å². The van der Waals surface area contributed by atoms with Gasteiger partial charge in [-0.1, -0.05) is 12.4 Å². The molecule has 0 aromatic carbocycles. The Morgan fingerprint density at radius 1 is 1.42 bits per heavy atom. The number of hydrogen-bond donors (Lipinski definition) is 3. The Kier molecular flexibility index (Phi) is 5.09. The van der Waals surface area contributed by atoms with Crippen LogP contribution in [0.25, 0.3) is 0 Å². The van der Waals surface area contributed by atoms with E-state index in [1.165, 1.54) is 0 Å². The summed E-state index contributed by atoms with van der Waals surface area (Å²) in [5, 5.41) is 26.7. The highest BCUT2D eigenvalue weighted by Gasteiger charge is 2.07. The molecule has 66 valence electrons. The van der Waals surface area contributed by atoms with E-state index in [9.17, 15) is 5.11 Å². The third kappa shape index (κ3) is 2.91. The Balaban J connectivity index is 4.82. The Morgan fingerprint density at radius 3 is 2.25 bits per heavy atom. The predicted molar refractivity (Wildman–Crippen MR) is 51.4 cm³/mol. The topological polar surface area (TPSA) is 60.7 Å². The van der Waals surface area contributed by atoms with Crippen molar-refractivity contribution in [3.05, 3.63) is 21.5 Å². The third-order valence-electron chi connectivity index (χ3n) is 1.30. The van der Waals surface area contributed by atoms with Gasteiger partial charge in [0.2, 0.25) is 0 Å². The molecule has 0 atom stereocenters. The highest BCUT2D eigenvalue weighted by molar-refractivity contribution is 9.12. The zero-order valence-electron chi connectivity index (χ0n) is 6.71. The van der Waals surface area contributed by atoms with Crippen LogP contribution < -0.4 is 0 Å². The molecule has 0 aliphatic heterocycles. The molecule has 12 heavy (non-hydrogen) atoms. The average Bonchev–Trinajstić information content (AvgIpc) is 2.12. The number of rotatable bonds is 3. The van der Waals surface area contributed by atoms with Crippen molar-refractivity contribution in [1.29, 1.82) is 0 Å². The lowest BCUT2D eigenvalue weighted by Gasteiger charge is -2.05. The monoisotopic (exact) mass is 232 g/mol. The number of halogens is 1. The second-order valence-electron chi connectivity index (χ2n) is 2.15. The summed E-state index contributed by atoms with van der Waals surface area (Å²) in [6.45, 7) is 1.23. The van der Waals surface area contributed by atoms with Gasteiger partial charge in [0.1, 0.15) is 26.0 Å². The lowest BCUT2D eigenvalue weighted by molar-refractivity contribution is 0.250. The molecule has 0 aliphatic carbocycles. The van der Waals surface area contributed by atoms with Gasteiger partial charge in [-0.15, -0.1) is 0 Å². The minimum atomic E-state index is -0.540. The van der Waals surface area contributed by atoms with Crippen LogP contribution in [0, 0.1) is 0 Å². The fraction of sp³-hybridized carbons (Fsp3) is 0.429. The summed E-state index contributed by atoms with van der Waals surface area (Å²) in [7, 11) is 5.38. The van der Waals surface area contributed by atoms with Crippen LogP contribution >= 0.6 is 15.9 Å². The predicted octanol–water partition coefficient (Wildman–Crippen LogP) is 1.49. The number of aliphatic hydroxyl groups is 3. The Hall–Kier alpha value is -0.415. The van der Waals surface area contributed by atoms with Crippen LogP contribution in [0.1, 0.15) is 13.3 Å². The van der Waals surface area contributed by atoms with Crippen molar-refractivity contribution in [2.24, 2.45) is 0 Å². The van der Waals surface area contributed by atoms with Gasteiger partial charge in [0.05, 0.1) is 4.48 Å². The van der Waals surface area contributed by atoms with Crippen molar-refractivity contribution in [3.63, 3.8) is 0 Å². The first-order chi connectivity index (χ1) is 5.54. The van der Waals surface area contributed by atoms with Gasteiger partial charge in [-0.05, 0) is 22.4 Å². The van der Waals surface area contributed by atoms with E-state index in [1.54, 1.807) is 6.92 Å². The largest absolute Gasteiger partial charge is 0.509 e. The van der Waals surface area contributed by atoms with Crippen LogP contribution in [0.4, 0.5) is 0 Å². The molecule has 3 N–H and O–H groups in total. The summed E-state index contributed by atoms with van der Waals surface area (Å²) >= 11 is 2.89. The normalized spacial score (nSPS) is 15.2. The van der Waals surface area contributed by atoms with Crippen LogP contribution in [-0.4, -0.2) is 29.8 Å². The maximum absolute atomic E-state index is 9.27. The Morgan fingerprint density at radius 2 is 1.92 bits per heavy atom. The smallest absolute Gasteiger partial charge is 0.135 e. The van der Waals surface area contributed by atoms with E-state index in [2.05, 4.69) is 15.9 Å². The van der Waals surface area contributed by atoms with Crippen molar-refractivity contribution < 1.29 is 15.3 Å². The van der Waals surface area contributed by atoms with Crippen molar-refractivity contribution in [3.8, 4) is 0 Å². The average molecular weight is 233 g/mol. The summed E-state index contributed by atoms with van der Waals surface area (Å²) in [6, 6.07) is 0.